The van der Waals surface area contributed by atoms with Crippen molar-refractivity contribution in [1.82, 2.24) is 9.97 Å². The lowest BCUT2D eigenvalue weighted by Gasteiger charge is -2.23. The number of para-hydroxylation sites is 1. The number of anilines is 3. The Morgan fingerprint density at radius 1 is 1.10 bits per heavy atom. The van der Waals surface area contributed by atoms with Gasteiger partial charge in [0.25, 0.3) is 0 Å². The molecule has 0 saturated carbocycles. The summed E-state index contributed by atoms with van der Waals surface area (Å²) in [5.41, 5.74) is 4.93. The Bertz CT molecular complexity index is 594. The molecule has 0 aliphatic carbocycles. The van der Waals surface area contributed by atoms with Crippen LogP contribution >= 0.6 is 0 Å². The highest BCUT2D eigenvalue weighted by atomic mass is 15.3. The fourth-order valence-corrected chi connectivity index (χ4v) is 2.18. The maximum Gasteiger partial charge on any atom is 0.145 e. The van der Waals surface area contributed by atoms with Crippen LogP contribution in [0.1, 0.15) is 39.1 Å². The van der Waals surface area contributed by atoms with Crippen LogP contribution in [0.2, 0.25) is 0 Å². The molecule has 0 atom stereocenters. The van der Waals surface area contributed by atoms with E-state index in [1.807, 2.05) is 13.0 Å². The molecule has 0 amide bonds. The summed E-state index contributed by atoms with van der Waals surface area (Å²) in [5.74, 6) is 7.57. The summed E-state index contributed by atoms with van der Waals surface area (Å²) in [5, 5.41) is 3.38. The summed E-state index contributed by atoms with van der Waals surface area (Å²) < 4.78 is 0. The maximum absolute atomic E-state index is 5.47. The minimum absolute atomic E-state index is 0.0547. The Balaban J connectivity index is 2.39. The van der Waals surface area contributed by atoms with Gasteiger partial charge < -0.3 is 10.7 Å². The summed E-state index contributed by atoms with van der Waals surface area (Å²) in [6.45, 7) is 8.59. The lowest BCUT2D eigenvalue weighted by molar-refractivity contribution is 0.592. The van der Waals surface area contributed by atoms with Gasteiger partial charge in [0.2, 0.25) is 0 Å². The zero-order valence-corrected chi connectivity index (χ0v) is 13.1. The Morgan fingerprint density at radius 2 is 1.76 bits per heavy atom. The predicted molar refractivity (Wildman–Crippen MR) is 87.6 cm³/mol. The van der Waals surface area contributed by atoms with Crippen LogP contribution < -0.4 is 16.6 Å². The normalized spacial score (nSPS) is 11.3. The molecule has 0 spiro atoms. The fraction of sp³-hybridized carbons (Fsp3) is 0.375. The molecule has 112 valence electrons. The van der Waals surface area contributed by atoms with Crippen molar-refractivity contribution in [1.29, 1.82) is 0 Å². The molecule has 2 aromatic rings. The van der Waals surface area contributed by atoms with E-state index in [0.29, 0.717) is 5.82 Å². The molecule has 0 aliphatic heterocycles. The molecule has 1 aromatic carbocycles. The van der Waals surface area contributed by atoms with Crippen molar-refractivity contribution >= 4 is 17.3 Å². The number of nitrogens with zero attached hydrogens (tertiary/aromatic N) is 2. The molecule has 1 heterocycles. The number of hydrogen-bond acceptors (Lipinski definition) is 5. The largest absolute Gasteiger partial charge is 0.340 e. The molecule has 0 radical (unpaired) electrons. The molecular weight excluding hydrogens is 262 g/mol. The van der Waals surface area contributed by atoms with Gasteiger partial charge >= 0.3 is 0 Å². The average molecular weight is 285 g/mol. The number of nitrogens with two attached hydrogens (primary N) is 1. The lowest BCUT2D eigenvalue weighted by atomic mass is 9.86. The molecule has 0 unspecified atom stereocenters. The van der Waals surface area contributed by atoms with Gasteiger partial charge in [0.05, 0.1) is 0 Å². The summed E-state index contributed by atoms with van der Waals surface area (Å²) in [7, 11) is 0. The Labute approximate surface area is 126 Å². The van der Waals surface area contributed by atoms with E-state index in [0.717, 1.165) is 23.8 Å². The second kappa shape index (κ2) is 6.10. The van der Waals surface area contributed by atoms with Gasteiger partial charge in [-0.1, -0.05) is 45.9 Å². The molecule has 0 saturated heterocycles. The van der Waals surface area contributed by atoms with E-state index < -0.39 is 0 Å². The number of aromatic nitrogens is 2. The van der Waals surface area contributed by atoms with Gasteiger partial charge in [0, 0.05) is 18.2 Å². The molecule has 0 bridgehead atoms. The highest BCUT2D eigenvalue weighted by Gasteiger charge is 2.17. The van der Waals surface area contributed by atoms with Crippen LogP contribution in [0.15, 0.2) is 30.3 Å². The van der Waals surface area contributed by atoms with E-state index in [9.17, 15) is 0 Å². The van der Waals surface area contributed by atoms with Gasteiger partial charge in [-0.3, -0.25) is 0 Å². The Hall–Kier alpha value is -2.14. The molecule has 1 aromatic heterocycles. The van der Waals surface area contributed by atoms with Crippen LogP contribution in [-0.4, -0.2) is 9.97 Å². The minimum atomic E-state index is 0.0547. The first-order valence-electron chi connectivity index (χ1n) is 7.15. The first-order chi connectivity index (χ1) is 9.94. The number of hydrazine groups is 1. The Morgan fingerprint density at radius 3 is 2.38 bits per heavy atom. The molecule has 4 N–H and O–H groups in total. The van der Waals surface area contributed by atoms with Crippen molar-refractivity contribution in [2.45, 2.75) is 39.5 Å². The molecule has 5 heteroatoms. The van der Waals surface area contributed by atoms with E-state index in [1.54, 1.807) is 6.07 Å². The standard InChI is InChI=1S/C16H23N5/c1-5-13-19-14(10-15(20-13)21-17)18-12-9-7-6-8-11(12)16(2,3)4/h6-10H,5,17H2,1-4H3,(H2,18,19,20,21). The van der Waals surface area contributed by atoms with Gasteiger partial charge in [-0.15, -0.1) is 0 Å². The molecule has 0 aliphatic rings. The number of benzene rings is 1. The summed E-state index contributed by atoms with van der Waals surface area (Å²) in [6.07, 6.45) is 0.755. The first kappa shape index (κ1) is 15.3. The van der Waals surface area contributed by atoms with Gasteiger partial charge in [-0.05, 0) is 17.0 Å². The third-order valence-electron chi connectivity index (χ3n) is 3.23. The first-order valence-corrected chi connectivity index (χ1v) is 7.15. The molecular formula is C16H23N5. The number of nitrogens with one attached hydrogen (secondary N) is 2. The zero-order valence-electron chi connectivity index (χ0n) is 13.1. The van der Waals surface area contributed by atoms with Gasteiger partial charge in [-0.25, -0.2) is 15.8 Å². The predicted octanol–water partition coefficient (Wildman–Crippen LogP) is 3.37. The second-order valence-electron chi connectivity index (χ2n) is 5.97. The molecule has 0 fully saturated rings. The minimum Gasteiger partial charge on any atom is -0.340 e. The summed E-state index contributed by atoms with van der Waals surface area (Å²) in [6, 6.07) is 10.1. The van der Waals surface area contributed by atoms with Crippen LogP contribution in [0.5, 0.6) is 0 Å². The third kappa shape index (κ3) is 3.70. The van der Waals surface area contributed by atoms with Gasteiger partial charge in [0.1, 0.15) is 17.5 Å². The smallest absolute Gasteiger partial charge is 0.145 e. The second-order valence-corrected chi connectivity index (χ2v) is 5.97. The van der Waals surface area contributed by atoms with E-state index in [4.69, 9.17) is 5.84 Å². The number of nitrogen functional groups attached to an aromatic ring is 1. The fourth-order valence-electron chi connectivity index (χ4n) is 2.18. The number of rotatable bonds is 4. The van der Waals surface area contributed by atoms with Crippen LogP contribution in [0.3, 0.4) is 0 Å². The highest BCUT2D eigenvalue weighted by molar-refractivity contribution is 5.64. The summed E-state index contributed by atoms with van der Waals surface area (Å²) in [4.78, 5) is 8.80. The SMILES string of the molecule is CCc1nc(NN)cc(Nc2ccccc2C(C)(C)C)n1. The van der Waals surface area contributed by atoms with Crippen LogP contribution in [-0.2, 0) is 11.8 Å². The monoisotopic (exact) mass is 285 g/mol. The van der Waals surface area contributed by atoms with E-state index in [2.05, 4.69) is 59.7 Å². The molecule has 21 heavy (non-hydrogen) atoms. The van der Waals surface area contributed by atoms with E-state index in [1.165, 1.54) is 5.56 Å². The average Bonchev–Trinajstić information content (AvgIpc) is 2.46. The van der Waals surface area contributed by atoms with E-state index >= 15 is 0 Å². The molecule has 5 nitrogen and oxygen atoms in total. The quantitative estimate of drug-likeness (QED) is 0.593. The Kier molecular flexibility index (Phi) is 4.43. The van der Waals surface area contributed by atoms with Crippen molar-refractivity contribution in [2.75, 3.05) is 10.7 Å². The summed E-state index contributed by atoms with van der Waals surface area (Å²) >= 11 is 0. The zero-order chi connectivity index (χ0) is 15.5. The highest BCUT2D eigenvalue weighted by Crippen LogP contribution is 2.31. The van der Waals surface area contributed by atoms with Gasteiger partial charge in [-0.2, -0.15) is 0 Å². The van der Waals surface area contributed by atoms with Crippen molar-refractivity contribution in [3.8, 4) is 0 Å². The van der Waals surface area contributed by atoms with Crippen molar-refractivity contribution < 1.29 is 0 Å². The third-order valence-corrected chi connectivity index (χ3v) is 3.23. The topological polar surface area (TPSA) is 75.9 Å². The number of aryl methyl sites for hydroxylation is 1. The van der Waals surface area contributed by atoms with Crippen LogP contribution in [0.4, 0.5) is 17.3 Å². The van der Waals surface area contributed by atoms with Crippen LogP contribution in [0.25, 0.3) is 0 Å². The number of hydrogen-bond donors (Lipinski definition) is 3. The maximum atomic E-state index is 5.47. The van der Waals surface area contributed by atoms with Crippen LogP contribution in [0, 0.1) is 0 Å². The van der Waals surface area contributed by atoms with Gasteiger partial charge in [0.15, 0.2) is 0 Å². The lowest BCUT2D eigenvalue weighted by Crippen LogP contribution is -2.15. The van der Waals surface area contributed by atoms with Crippen molar-refractivity contribution in [2.24, 2.45) is 5.84 Å². The molecule has 2 rings (SSSR count). The van der Waals surface area contributed by atoms with Crippen molar-refractivity contribution in [3.63, 3.8) is 0 Å². The van der Waals surface area contributed by atoms with E-state index in [-0.39, 0.29) is 5.41 Å². The van der Waals surface area contributed by atoms with Crippen molar-refractivity contribution in [3.05, 3.63) is 41.7 Å².